The van der Waals surface area contributed by atoms with E-state index in [1.165, 1.54) is 17.4 Å². The molecule has 0 amide bonds. The molecule has 0 bridgehead atoms. The average Bonchev–Trinajstić information content (AvgIpc) is 2.43. The zero-order valence-electron chi connectivity index (χ0n) is 11.6. The van der Waals surface area contributed by atoms with E-state index in [1.54, 1.807) is 0 Å². The highest BCUT2D eigenvalue weighted by molar-refractivity contribution is 5.76. The Kier molecular flexibility index (Phi) is 13.4. The molecule has 0 atom stereocenters. The lowest BCUT2D eigenvalue weighted by atomic mass is 10.0. The molecule has 0 unspecified atom stereocenters. The van der Waals surface area contributed by atoms with Crippen LogP contribution in [0.3, 0.4) is 0 Å². The summed E-state index contributed by atoms with van der Waals surface area (Å²) in [7, 11) is 1.00. The molecule has 0 spiro atoms. The van der Waals surface area contributed by atoms with Crippen molar-refractivity contribution in [3.8, 4) is 0 Å². The van der Waals surface area contributed by atoms with Crippen LogP contribution in [0.15, 0.2) is 41.5 Å². The lowest BCUT2D eigenvalue weighted by Crippen LogP contribution is -1.90. The van der Waals surface area contributed by atoms with Crippen molar-refractivity contribution in [3.05, 3.63) is 47.0 Å². The third kappa shape index (κ3) is 8.40. The predicted molar refractivity (Wildman–Crippen MR) is 76.8 cm³/mol. The third-order valence-corrected chi connectivity index (χ3v) is 2.20. The second kappa shape index (κ2) is 12.7. The third-order valence-electron chi connectivity index (χ3n) is 2.20. The van der Waals surface area contributed by atoms with Gasteiger partial charge in [0.15, 0.2) is 0 Å². The maximum Gasteiger partial charge on any atom is 0.0319 e. The molecule has 0 saturated carbocycles. The van der Waals surface area contributed by atoms with Gasteiger partial charge in [-0.2, -0.15) is 0 Å². The van der Waals surface area contributed by atoms with Crippen molar-refractivity contribution in [2.45, 2.75) is 34.1 Å². The summed E-state index contributed by atoms with van der Waals surface area (Å²) in [5, 5.41) is 14.1. The van der Waals surface area contributed by atoms with E-state index >= 15 is 0 Å². The smallest absolute Gasteiger partial charge is 0.0319 e. The Morgan fingerprint density at radius 1 is 1.12 bits per heavy atom. The molecule has 0 aromatic heterocycles. The average molecular weight is 235 g/mol. The quantitative estimate of drug-likeness (QED) is 0.768. The molecule has 0 aliphatic rings. The van der Waals surface area contributed by atoms with Gasteiger partial charge in [0.05, 0.1) is 0 Å². The SMILES string of the molecule is C/C(C=N)=C(\C)Cc1ccccc1.CC.CO. The Balaban J connectivity index is 0. The maximum atomic E-state index is 7.12. The first-order chi connectivity index (χ1) is 8.24. The first-order valence-electron chi connectivity index (χ1n) is 5.89. The van der Waals surface area contributed by atoms with Gasteiger partial charge < -0.3 is 10.5 Å². The predicted octanol–water partition coefficient (Wildman–Crippen LogP) is 3.85. The van der Waals surface area contributed by atoms with E-state index in [1.807, 2.05) is 39.0 Å². The number of hydrogen-bond acceptors (Lipinski definition) is 2. The van der Waals surface area contributed by atoms with E-state index in [-0.39, 0.29) is 0 Å². The van der Waals surface area contributed by atoms with Gasteiger partial charge in [-0.3, -0.25) is 0 Å². The molecule has 0 saturated heterocycles. The molecule has 1 aromatic rings. The molecule has 0 aliphatic heterocycles. The Bertz CT molecular complexity index is 315. The van der Waals surface area contributed by atoms with E-state index in [4.69, 9.17) is 10.5 Å². The van der Waals surface area contributed by atoms with Gasteiger partial charge in [-0.05, 0) is 31.4 Å². The number of hydrogen-bond donors (Lipinski definition) is 2. The van der Waals surface area contributed by atoms with Crippen LogP contribution in [0, 0.1) is 5.41 Å². The van der Waals surface area contributed by atoms with Gasteiger partial charge in [-0.25, -0.2) is 0 Å². The van der Waals surface area contributed by atoms with Crippen LogP contribution in [0.4, 0.5) is 0 Å². The van der Waals surface area contributed by atoms with Gasteiger partial charge in [0.1, 0.15) is 0 Å². The molecule has 1 aromatic carbocycles. The monoisotopic (exact) mass is 235 g/mol. The second-order valence-corrected chi connectivity index (χ2v) is 3.27. The van der Waals surface area contributed by atoms with Crippen molar-refractivity contribution in [1.82, 2.24) is 0 Å². The first-order valence-corrected chi connectivity index (χ1v) is 5.89. The minimum absolute atomic E-state index is 0.946. The second-order valence-electron chi connectivity index (χ2n) is 3.27. The largest absolute Gasteiger partial charge is 0.400 e. The Labute approximate surface area is 106 Å². The molecular formula is C15H25NO. The van der Waals surface area contributed by atoms with Crippen LogP contribution in [0.25, 0.3) is 0 Å². The number of nitrogens with one attached hydrogen (secondary N) is 1. The van der Waals surface area contributed by atoms with Crippen molar-refractivity contribution in [2.24, 2.45) is 0 Å². The molecule has 0 fully saturated rings. The Hall–Kier alpha value is -1.41. The van der Waals surface area contributed by atoms with Gasteiger partial charge >= 0.3 is 0 Å². The van der Waals surface area contributed by atoms with E-state index in [9.17, 15) is 0 Å². The number of allylic oxidation sites excluding steroid dienone is 2. The molecule has 2 heteroatoms. The zero-order valence-corrected chi connectivity index (χ0v) is 11.6. The van der Waals surface area contributed by atoms with Gasteiger partial charge in [-0.1, -0.05) is 49.8 Å². The molecule has 0 heterocycles. The van der Waals surface area contributed by atoms with Crippen molar-refractivity contribution in [1.29, 1.82) is 5.41 Å². The molecule has 2 N–H and O–H groups in total. The number of aliphatic hydroxyl groups excluding tert-OH is 1. The van der Waals surface area contributed by atoms with Crippen molar-refractivity contribution in [3.63, 3.8) is 0 Å². The molecule has 0 aliphatic carbocycles. The fraction of sp³-hybridized carbons (Fsp3) is 0.400. The molecule has 2 nitrogen and oxygen atoms in total. The van der Waals surface area contributed by atoms with Crippen LogP contribution in [0.5, 0.6) is 0 Å². The van der Waals surface area contributed by atoms with Crippen molar-refractivity contribution in [2.75, 3.05) is 7.11 Å². The van der Waals surface area contributed by atoms with Gasteiger partial charge in [-0.15, -0.1) is 0 Å². The van der Waals surface area contributed by atoms with Crippen LogP contribution >= 0.6 is 0 Å². The maximum absolute atomic E-state index is 7.12. The van der Waals surface area contributed by atoms with E-state index in [0.29, 0.717) is 0 Å². The number of benzene rings is 1. The highest BCUT2D eigenvalue weighted by Gasteiger charge is 1.95. The van der Waals surface area contributed by atoms with E-state index in [2.05, 4.69) is 19.1 Å². The fourth-order valence-electron chi connectivity index (χ4n) is 1.16. The first kappa shape index (κ1) is 18.0. The molecule has 17 heavy (non-hydrogen) atoms. The van der Waals surface area contributed by atoms with Gasteiger partial charge in [0.2, 0.25) is 0 Å². The van der Waals surface area contributed by atoms with E-state index in [0.717, 1.165) is 19.1 Å². The zero-order chi connectivity index (χ0) is 13.7. The van der Waals surface area contributed by atoms with Crippen molar-refractivity contribution >= 4 is 6.21 Å². The Morgan fingerprint density at radius 2 is 1.59 bits per heavy atom. The minimum atomic E-state index is 0.946. The lowest BCUT2D eigenvalue weighted by molar-refractivity contribution is 0.399. The summed E-state index contributed by atoms with van der Waals surface area (Å²) in [5.74, 6) is 0. The van der Waals surface area contributed by atoms with Crippen LogP contribution in [0.2, 0.25) is 0 Å². The van der Waals surface area contributed by atoms with Crippen LogP contribution in [-0.2, 0) is 6.42 Å². The van der Waals surface area contributed by atoms with Crippen molar-refractivity contribution < 1.29 is 5.11 Å². The highest BCUT2D eigenvalue weighted by Crippen LogP contribution is 2.09. The van der Waals surface area contributed by atoms with Crippen LogP contribution in [-0.4, -0.2) is 18.4 Å². The topological polar surface area (TPSA) is 44.1 Å². The summed E-state index contributed by atoms with van der Waals surface area (Å²) in [6, 6.07) is 10.3. The standard InChI is InChI=1S/C12H15N.C2H6.CH4O/c1-10(11(2)9-13)8-12-6-4-3-5-7-12;2*1-2/h3-7,9,13H,8H2,1-2H3;1-2H3;2H,1H3/b11-10-,13-9?;;. The summed E-state index contributed by atoms with van der Waals surface area (Å²) >= 11 is 0. The molecule has 96 valence electrons. The summed E-state index contributed by atoms with van der Waals surface area (Å²) in [4.78, 5) is 0. The van der Waals surface area contributed by atoms with Gasteiger partial charge in [0, 0.05) is 13.3 Å². The summed E-state index contributed by atoms with van der Waals surface area (Å²) in [6.07, 6.45) is 2.36. The normalized spacial score (nSPS) is 10.0. The lowest BCUT2D eigenvalue weighted by Gasteiger charge is -2.03. The fourth-order valence-corrected chi connectivity index (χ4v) is 1.16. The van der Waals surface area contributed by atoms with Crippen LogP contribution < -0.4 is 0 Å². The minimum Gasteiger partial charge on any atom is -0.400 e. The summed E-state index contributed by atoms with van der Waals surface area (Å²) in [5.41, 5.74) is 3.63. The number of rotatable bonds is 3. The van der Waals surface area contributed by atoms with Crippen LogP contribution in [0.1, 0.15) is 33.3 Å². The van der Waals surface area contributed by atoms with E-state index < -0.39 is 0 Å². The summed E-state index contributed by atoms with van der Waals surface area (Å²) < 4.78 is 0. The van der Waals surface area contributed by atoms with Gasteiger partial charge in [0.25, 0.3) is 0 Å². The number of aliphatic hydroxyl groups is 1. The highest BCUT2D eigenvalue weighted by atomic mass is 16.2. The summed E-state index contributed by atoms with van der Waals surface area (Å²) in [6.45, 7) is 8.05. The molecule has 1 rings (SSSR count). The molecular weight excluding hydrogens is 210 g/mol. The Morgan fingerprint density at radius 3 is 2.00 bits per heavy atom. The molecule has 0 radical (unpaired) electrons.